The molecule has 21 heavy (non-hydrogen) atoms. The van der Waals surface area contributed by atoms with Gasteiger partial charge in [0.1, 0.15) is 5.69 Å². The first-order chi connectivity index (χ1) is 10.2. The van der Waals surface area contributed by atoms with E-state index in [1.807, 2.05) is 36.4 Å². The summed E-state index contributed by atoms with van der Waals surface area (Å²) in [6.07, 6.45) is 1.66. The summed E-state index contributed by atoms with van der Waals surface area (Å²) in [7, 11) is 1.56. The third-order valence-electron chi connectivity index (χ3n) is 3.08. The molecule has 0 saturated heterocycles. The van der Waals surface area contributed by atoms with Gasteiger partial charge >= 0.3 is 0 Å². The first-order valence-corrected chi connectivity index (χ1v) is 7.01. The highest BCUT2D eigenvalue weighted by molar-refractivity contribution is 9.10. The molecular weight excluding hydrogens is 334 g/mol. The molecule has 1 aromatic carbocycles. The zero-order valence-corrected chi connectivity index (χ0v) is 12.8. The van der Waals surface area contributed by atoms with E-state index in [9.17, 15) is 0 Å². The number of aromatic nitrogens is 2. The van der Waals surface area contributed by atoms with E-state index < -0.39 is 0 Å². The molecule has 3 rings (SSSR count). The Hall–Kier alpha value is -2.34. The van der Waals surface area contributed by atoms with E-state index in [2.05, 4.69) is 26.1 Å². The van der Waals surface area contributed by atoms with E-state index in [0.29, 0.717) is 17.1 Å². The highest BCUT2D eigenvalue weighted by atomic mass is 79.9. The summed E-state index contributed by atoms with van der Waals surface area (Å²) in [4.78, 5) is 4.18. The van der Waals surface area contributed by atoms with Gasteiger partial charge < -0.3 is 15.0 Å². The number of rotatable bonds is 3. The summed E-state index contributed by atoms with van der Waals surface area (Å²) in [5.41, 5.74) is 8.91. The van der Waals surface area contributed by atoms with E-state index in [1.165, 1.54) is 0 Å². The van der Waals surface area contributed by atoms with Crippen molar-refractivity contribution in [3.8, 4) is 28.3 Å². The van der Waals surface area contributed by atoms with E-state index in [4.69, 9.17) is 15.0 Å². The molecular formula is C15H12BrN3O2. The van der Waals surface area contributed by atoms with Crippen LogP contribution in [0.3, 0.4) is 0 Å². The van der Waals surface area contributed by atoms with Crippen LogP contribution in [-0.4, -0.2) is 17.3 Å². The summed E-state index contributed by atoms with van der Waals surface area (Å²) in [5, 5.41) is 4.07. The Morgan fingerprint density at radius 2 is 1.90 bits per heavy atom. The first kappa shape index (κ1) is 13.6. The largest absolute Gasteiger partial charge is 0.481 e. The Labute approximate surface area is 129 Å². The fourth-order valence-corrected chi connectivity index (χ4v) is 2.63. The molecule has 0 saturated carbocycles. The van der Waals surface area contributed by atoms with Gasteiger partial charge in [-0.05, 0) is 18.2 Å². The standard InChI is InChI=1S/C15H12BrN3O2/c1-20-15-10(6-4-8-18-15)13-12(14(17)21-19-13)9-5-2-3-7-11(9)16/h2-8H,17H2,1H3. The maximum Gasteiger partial charge on any atom is 0.230 e. The minimum absolute atomic E-state index is 0.253. The van der Waals surface area contributed by atoms with Crippen molar-refractivity contribution in [2.24, 2.45) is 0 Å². The van der Waals surface area contributed by atoms with Crippen LogP contribution >= 0.6 is 15.9 Å². The average Bonchev–Trinajstić information content (AvgIpc) is 2.89. The molecule has 2 N–H and O–H groups in total. The molecule has 0 atom stereocenters. The normalized spacial score (nSPS) is 10.6. The number of ether oxygens (including phenoxy) is 1. The zero-order valence-electron chi connectivity index (χ0n) is 11.2. The summed E-state index contributed by atoms with van der Waals surface area (Å²) in [6.45, 7) is 0. The number of anilines is 1. The number of nitrogens with two attached hydrogens (primary N) is 1. The molecule has 0 bridgehead atoms. The third kappa shape index (κ3) is 2.38. The minimum atomic E-state index is 0.253. The van der Waals surface area contributed by atoms with Gasteiger partial charge in [-0.25, -0.2) is 4.98 Å². The number of benzene rings is 1. The van der Waals surface area contributed by atoms with Crippen molar-refractivity contribution in [1.82, 2.24) is 10.1 Å². The van der Waals surface area contributed by atoms with Gasteiger partial charge in [0.25, 0.3) is 0 Å². The van der Waals surface area contributed by atoms with Crippen LogP contribution in [-0.2, 0) is 0 Å². The quantitative estimate of drug-likeness (QED) is 0.782. The van der Waals surface area contributed by atoms with Crippen molar-refractivity contribution in [2.75, 3.05) is 12.8 Å². The van der Waals surface area contributed by atoms with E-state index in [-0.39, 0.29) is 5.88 Å². The first-order valence-electron chi connectivity index (χ1n) is 6.21. The molecule has 0 fully saturated rings. The summed E-state index contributed by atoms with van der Waals surface area (Å²) >= 11 is 3.52. The van der Waals surface area contributed by atoms with Gasteiger partial charge in [-0.2, -0.15) is 0 Å². The molecule has 0 amide bonds. The maximum absolute atomic E-state index is 5.96. The lowest BCUT2D eigenvalue weighted by Gasteiger charge is -2.07. The van der Waals surface area contributed by atoms with Crippen LogP contribution in [0, 0.1) is 0 Å². The Balaban J connectivity index is 2.25. The van der Waals surface area contributed by atoms with Gasteiger partial charge in [0.05, 0.1) is 18.2 Å². The van der Waals surface area contributed by atoms with Crippen molar-refractivity contribution < 1.29 is 9.26 Å². The van der Waals surface area contributed by atoms with Crippen molar-refractivity contribution in [3.63, 3.8) is 0 Å². The second kappa shape index (κ2) is 5.57. The molecule has 6 heteroatoms. The lowest BCUT2D eigenvalue weighted by molar-refractivity contribution is 0.398. The van der Waals surface area contributed by atoms with Crippen LogP contribution in [0.25, 0.3) is 22.4 Å². The molecule has 106 valence electrons. The molecule has 5 nitrogen and oxygen atoms in total. The Bertz CT molecular complexity index is 786. The molecule has 0 spiro atoms. The number of methoxy groups -OCH3 is 1. The minimum Gasteiger partial charge on any atom is -0.481 e. The average molecular weight is 346 g/mol. The van der Waals surface area contributed by atoms with Gasteiger partial charge in [0.15, 0.2) is 0 Å². The lowest BCUT2D eigenvalue weighted by Crippen LogP contribution is -1.93. The monoisotopic (exact) mass is 345 g/mol. The second-order valence-corrected chi connectivity index (χ2v) is 5.16. The number of hydrogen-bond acceptors (Lipinski definition) is 5. The SMILES string of the molecule is COc1ncccc1-c1noc(N)c1-c1ccccc1Br. The Kier molecular flexibility index (Phi) is 3.62. The van der Waals surface area contributed by atoms with E-state index in [0.717, 1.165) is 15.6 Å². The molecule has 0 aliphatic heterocycles. The highest BCUT2D eigenvalue weighted by Gasteiger charge is 2.21. The molecule has 3 aromatic rings. The predicted octanol–water partition coefficient (Wildman–Crippen LogP) is 3.76. The summed E-state index contributed by atoms with van der Waals surface area (Å²) < 4.78 is 11.4. The summed E-state index contributed by atoms with van der Waals surface area (Å²) in [6, 6.07) is 11.4. The predicted molar refractivity (Wildman–Crippen MR) is 83.8 cm³/mol. The van der Waals surface area contributed by atoms with Crippen molar-refractivity contribution in [1.29, 1.82) is 0 Å². The fraction of sp³-hybridized carbons (Fsp3) is 0.0667. The molecule has 0 aliphatic rings. The third-order valence-corrected chi connectivity index (χ3v) is 3.77. The van der Waals surface area contributed by atoms with Gasteiger partial charge in [-0.15, -0.1) is 0 Å². The smallest absolute Gasteiger partial charge is 0.230 e. The highest BCUT2D eigenvalue weighted by Crippen LogP contribution is 2.41. The number of nitrogens with zero attached hydrogens (tertiary/aromatic N) is 2. The summed E-state index contributed by atoms with van der Waals surface area (Å²) in [5.74, 6) is 0.724. The topological polar surface area (TPSA) is 74.2 Å². The van der Waals surface area contributed by atoms with Gasteiger partial charge in [0, 0.05) is 16.2 Å². The van der Waals surface area contributed by atoms with Crippen molar-refractivity contribution in [3.05, 3.63) is 47.1 Å². The maximum atomic E-state index is 5.96. The van der Waals surface area contributed by atoms with E-state index in [1.54, 1.807) is 13.3 Å². The molecule has 2 aromatic heterocycles. The van der Waals surface area contributed by atoms with Gasteiger partial charge in [-0.1, -0.05) is 39.3 Å². The molecule has 2 heterocycles. The van der Waals surface area contributed by atoms with Crippen LogP contribution in [0.5, 0.6) is 5.88 Å². The Morgan fingerprint density at radius 1 is 1.14 bits per heavy atom. The Morgan fingerprint density at radius 3 is 2.67 bits per heavy atom. The number of hydrogen-bond donors (Lipinski definition) is 1. The van der Waals surface area contributed by atoms with E-state index >= 15 is 0 Å². The zero-order chi connectivity index (χ0) is 14.8. The van der Waals surface area contributed by atoms with Gasteiger partial charge in [0.2, 0.25) is 11.8 Å². The molecule has 0 unspecified atom stereocenters. The number of pyridine rings is 1. The van der Waals surface area contributed by atoms with Crippen LogP contribution in [0.15, 0.2) is 51.6 Å². The number of nitrogen functional groups attached to an aromatic ring is 1. The van der Waals surface area contributed by atoms with Crippen LogP contribution in [0.2, 0.25) is 0 Å². The van der Waals surface area contributed by atoms with Crippen molar-refractivity contribution in [2.45, 2.75) is 0 Å². The molecule has 0 radical (unpaired) electrons. The number of halogens is 1. The fourth-order valence-electron chi connectivity index (χ4n) is 2.14. The second-order valence-electron chi connectivity index (χ2n) is 4.31. The van der Waals surface area contributed by atoms with Crippen LogP contribution in [0.4, 0.5) is 5.88 Å². The molecule has 0 aliphatic carbocycles. The van der Waals surface area contributed by atoms with Crippen LogP contribution in [0.1, 0.15) is 0 Å². The van der Waals surface area contributed by atoms with Crippen molar-refractivity contribution >= 4 is 21.8 Å². The lowest BCUT2D eigenvalue weighted by atomic mass is 10.0. The van der Waals surface area contributed by atoms with Crippen LogP contribution < -0.4 is 10.5 Å². The van der Waals surface area contributed by atoms with Gasteiger partial charge in [-0.3, -0.25) is 0 Å².